The lowest BCUT2D eigenvalue weighted by Crippen LogP contribution is -2.41. The van der Waals surface area contributed by atoms with Gasteiger partial charge in [-0.25, -0.2) is 4.79 Å². The number of H-pyrrole nitrogens is 1. The molecule has 0 amide bonds. The van der Waals surface area contributed by atoms with Gasteiger partial charge in [0.05, 0.1) is 25.5 Å². The Morgan fingerprint density at radius 3 is 1.85 bits per heavy atom. The highest BCUT2D eigenvalue weighted by atomic mass is 16.5. The molecule has 3 N–H and O–H groups in total. The van der Waals surface area contributed by atoms with Crippen LogP contribution in [0.2, 0.25) is 0 Å². The van der Waals surface area contributed by atoms with Gasteiger partial charge >= 0.3 is 11.7 Å². The molecule has 0 radical (unpaired) electrons. The van der Waals surface area contributed by atoms with Crippen molar-refractivity contribution in [2.75, 3.05) is 33.0 Å². The molecule has 2 heterocycles. The first-order chi connectivity index (χ1) is 20.1. The lowest BCUT2D eigenvalue weighted by molar-refractivity contribution is 0.188. The molecule has 2 unspecified atom stereocenters. The molecular weight excluding hydrogens is 524 g/mol. The summed E-state index contributed by atoms with van der Waals surface area (Å²) in [5, 5.41) is 18.6. The number of nitrogens with zero attached hydrogens (tertiary/aromatic N) is 3. The Labute approximate surface area is 238 Å². The second-order valence-corrected chi connectivity index (χ2v) is 9.81. The fraction of sp³-hybridized carbons (Fsp3) is 0.355. The van der Waals surface area contributed by atoms with Crippen LogP contribution in [0.3, 0.4) is 0 Å². The SMILES string of the molecule is CCCOc1nc(OCCO)cc(C2C(c3ccccc3)C(c3cc(OCCO)nc(=O)[nH]3)C2c2ccccc2)n1. The molecule has 0 spiro atoms. The van der Waals surface area contributed by atoms with E-state index in [1.807, 2.05) is 49.4 Å². The Bertz CT molecular complexity index is 1390. The third-order valence-corrected chi connectivity index (χ3v) is 7.18. The zero-order valence-electron chi connectivity index (χ0n) is 22.8. The molecule has 2 aromatic carbocycles. The van der Waals surface area contributed by atoms with Gasteiger partial charge in [-0.2, -0.15) is 15.0 Å². The number of benzene rings is 2. The van der Waals surface area contributed by atoms with Gasteiger partial charge in [-0.05, 0) is 17.5 Å². The van der Waals surface area contributed by atoms with Crippen molar-refractivity contribution in [3.63, 3.8) is 0 Å². The monoisotopic (exact) mass is 558 g/mol. The molecule has 1 fully saturated rings. The van der Waals surface area contributed by atoms with E-state index in [0.717, 1.165) is 23.2 Å². The number of aromatic amines is 1. The fourth-order valence-electron chi connectivity index (χ4n) is 5.61. The Morgan fingerprint density at radius 2 is 1.29 bits per heavy atom. The average Bonchev–Trinajstić information content (AvgIpc) is 2.98. The topological polar surface area (TPSA) is 140 Å². The van der Waals surface area contributed by atoms with Gasteiger partial charge in [0.15, 0.2) is 0 Å². The van der Waals surface area contributed by atoms with Gasteiger partial charge in [0.1, 0.15) is 13.2 Å². The molecule has 1 aliphatic carbocycles. The van der Waals surface area contributed by atoms with Crippen LogP contribution in [0.25, 0.3) is 0 Å². The molecule has 4 aromatic rings. The molecule has 214 valence electrons. The van der Waals surface area contributed by atoms with Crippen LogP contribution in [-0.2, 0) is 0 Å². The van der Waals surface area contributed by atoms with Gasteiger partial charge in [0.2, 0.25) is 11.8 Å². The van der Waals surface area contributed by atoms with Gasteiger partial charge < -0.3 is 29.4 Å². The molecule has 2 aromatic heterocycles. The third-order valence-electron chi connectivity index (χ3n) is 7.18. The minimum absolute atomic E-state index is 0.0332. The minimum Gasteiger partial charge on any atom is -0.475 e. The Balaban J connectivity index is 1.67. The summed E-state index contributed by atoms with van der Waals surface area (Å²) >= 11 is 0. The van der Waals surface area contributed by atoms with Crippen molar-refractivity contribution in [3.05, 3.63) is 106 Å². The third kappa shape index (κ3) is 6.39. The van der Waals surface area contributed by atoms with Crippen molar-refractivity contribution in [2.45, 2.75) is 37.0 Å². The Hall–Kier alpha value is -4.28. The summed E-state index contributed by atoms with van der Waals surface area (Å²) in [5.74, 6) is 0.0149. The molecule has 0 bridgehead atoms. The van der Waals surface area contributed by atoms with Crippen LogP contribution < -0.4 is 19.9 Å². The summed E-state index contributed by atoms with van der Waals surface area (Å²) < 4.78 is 17.1. The lowest BCUT2D eigenvalue weighted by atomic mass is 9.50. The largest absolute Gasteiger partial charge is 0.475 e. The van der Waals surface area contributed by atoms with Crippen molar-refractivity contribution in [1.29, 1.82) is 0 Å². The number of nitrogens with one attached hydrogen (secondary N) is 1. The molecule has 5 rings (SSSR count). The molecule has 1 saturated carbocycles. The van der Waals surface area contributed by atoms with Crippen LogP contribution in [-0.4, -0.2) is 63.2 Å². The molecule has 41 heavy (non-hydrogen) atoms. The first-order valence-corrected chi connectivity index (χ1v) is 13.8. The number of hydrogen-bond donors (Lipinski definition) is 3. The van der Waals surface area contributed by atoms with Crippen LogP contribution in [0.4, 0.5) is 0 Å². The highest BCUT2D eigenvalue weighted by molar-refractivity contribution is 5.46. The van der Waals surface area contributed by atoms with Crippen molar-refractivity contribution >= 4 is 0 Å². The average molecular weight is 559 g/mol. The molecule has 2 atom stereocenters. The van der Waals surface area contributed by atoms with Crippen molar-refractivity contribution in [2.24, 2.45) is 0 Å². The number of rotatable bonds is 13. The van der Waals surface area contributed by atoms with E-state index in [-0.39, 0.29) is 62.0 Å². The molecule has 10 heteroatoms. The van der Waals surface area contributed by atoms with E-state index < -0.39 is 5.69 Å². The van der Waals surface area contributed by atoms with E-state index in [1.165, 1.54) is 0 Å². The number of ether oxygens (including phenoxy) is 3. The summed E-state index contributed by atoms with van der Waals surface area (Å²) in [4.78, 5) is 28.8. The van der Waals surface area contributed by atoms with E-state index in [9.17, 15) is 15.0 Å². The van der Waals surface area contributed by atoms with Crippen LogP contribution >= 0.6 is 0 Å². The van der Waals surface area contributed by atoms with E-state index in [2.05, 4.69) is 39.2 Å². The minimum atomic E-state index is -0.519. The predicted molar refractivity (Wildman–Crippen MR) is 152 cm³/mol. The zero-order chi connectivity index (χ0) is 28.6. The van der Waals surface area contributed by atoms with Crippen molar-refractivity contribution in [3.8, 4) is 17.8 Å². The maximum absolute atomic E-state index is 12.7. The Morgan fingerprint density at radius 1 is 0.707 bits per heavy atom. The highest BCUT2D eigenvalue weighted by Gasteiger charge is 2.54. The van der Waals surface area contributed by atoms with E-state index in [1.54, 1.807) is 6.07 Å². The first kappa shape index (κ1) is 28.3. The van der Waals surface area contributed by atoms with Gasteiger partial charge in [-0.1, -0.05) is 67.6 Å². The van der Waals surface area contributed by atoms with Gasteiger partial charge in [-0.3, -0.25) is 0 Å². The maximum atomic E-state index is 12.7. The normalized spacial score (nSPS) is 19.8. The summed E-state index contributed by atoms with van der Waals surface area (Å²) in [6.07, 6.45) is 0.793. The van der Waals surface area contributed by atoms with Gasteiger partial charge in [0, 0.05) is 41.5 Å². The van der Waals surface area contributed by atoms with Crippen molar-refractivity contribution in [1.82, 2.24) is 19.9 Å². The molecule has 10 nitrogen and oxygen atoms in total. The number of aliphatic hydroxyl groups excluding tert-OH is 2. The summed E-state index contributed by atoms with van der Waals surface area (Å²) in [5.41, 5.74) is 3.07. The second kappa shape index (κ2) is 13.4. The summed E-state index contributed by atoms with van der Waals surface area (Å²) in [6.45, 7) is 2.25. The smallest absolute Gasteiger partial charge is 0.348 e. The van der Waals surface area contributed by atoms with Gasteiger partial charge in [0.25, 0.3) is 0 Å². The molecule has 0 saturated heterocycles. The van der Waals surface area contributed by atoms with E-state index >= 15 is 0 Å². The van der Waals surface area contributed by atoms with Crippen molar-refractivity contribution < 1.29 is 24.4 Å². The highest BCUT2D eigenvalue weighted by Crippen LogP contribution is 2.66. The van der Waals surface area contributed by atoms with Crippen LogP contribution in [0.15, 0.2) is 77.6 Å². The van der Waals surface area contributed by atoms with Crippen LogP contribution in [0.1, 0.15) is 59.5 Å². The van der Waals surface area contributed by atoms with Gasteiger partial charge in [-0.15, -0.1) is 0 Å². The molecule has 1 aliphatic rings. The first-order valence-electron chi connectivity index (χ1n) is 13.8. The summed E-state index contributed by atoms with van der Waals surface area (Å²) in [7, 11) is 0. The summed E-state index contributed by atoms with van der Waals surface area (Å²) in [6, 6.07) is 24.0. The lowest BCUT2D eigenvalue weighted by Gasteiger charge is -2.52. The standard InChI is InChI=1S/C31H34N4O6/c1-2-15-41-31-33-23(19-25(35-31)40-17-14-37)29-26(20-9-5-3-6-10-20)28(27(29)21-11-7-4-8-12-21)22-18-24(39-16-13-36)34-30(38)32-22/h3-12,18-19,26-29,36-37H,2,13-17H2,1H3,(H,32,34,38). The predicted octanol–water partition coefficient (Wildman–Crippen LogP) is 3.54. The second-order valence-electron chi connectivity index (χ2n) is 9.81. The zero-order valence-corrected chi connectivity index (χ0v) is 22.8. The maximum Gasteiger partial charge on any atom is 0.348 e. The van der Waals surface area contributed by atoms with E-state index in [4.69, 9.17) is 19.2 Å². The fourth-order valence-corrected chi connectivity index (χ4v) is 5.61. The van der Waals surface area contributed by atoms with Crippen LogP contribution in [0.5, 0.6) is 17.8 Å². The quantitative estimate of drug-likeness (QED) is 0.225. The number of aromatic nitrogens is 4. The Kier molecular flexibility index (Phi) is 9.22. The number of hydrogen-bond acceptors (Lipinski definition) is 9. The molecular formula is C31H34N4O6. The van der Waals surface area contributed by atoms with E-state index in [0.29, 0.717) is 18.2 Å². The molecule has 0 aliphatic heterocycles. The number of aliphatic hydroxyl groups is 2. The van der Waals surface area contributed by atoms with Crippen LogP contribution in [0, 0.1) is 0 Å².